The van der Waals surface area contributed by atoms with E-state index < -0.39 is 14.5 Å². The molecule has 3 N–H and O–H groups in total. The molecule has 1 aliphatic rings. The van der Waals surface area contributed by atoms with Crippen LogP contribution in [0, 0.1) is 5.92 Å². The topological polar surface area (TPSA) is 108 Å². The molecule has 3 unspecified atom stereocenters. The molecule has 1 rings (SSSR count). The molecule has 3 atom stereocenters. The SMILES string of the molecule is CC.CC1CC(COP(O)O)OC1N(C)/C=C\C(=O)NC=O. The van der Waals surface area contributed by atoms with Gasteiger partial charge in [0, 0.05) is 25.2 Å². The van der Waals surface area contributed by atoms with Gasteiger partial charge in [-0.05, 0) is 6.42 Å². The number of imide groups is 1. The van der Waals surface area contributed by atoms with Crippen molar-refractivity contribution in [3.05, 3.63) is 12.3 Å². The van der Waals surface area contributed by atoms with Crippen LogP contribution >= 0.6 is 8.60 Å². The molecule has 0 aromatic carbocycles. The van der Waals surface area contributed by atoms with E-state index in [9.17, 15) is 9.59 Å². The minimum Gasteiger partial charge on any atom is -0.355 e. The fourth-order valence-electron chi connectivity index (χ4n) is 2.05. The summed E-state index contributed by atoms with van der Waals surface area (Å²) in [5, 5.41) is 2.00. The number of ether oxygens (including phenoxy) is 1. The van der Waals surface area contributed by atoms with Crippen molar-refractivity contribution in [3.8, 4) is 0 Å². The number of rotatable bonds is 7. The summed E-state index contributed by atoms with van der Waals surface area (Å²) in [6.45, 7) is 6.10. The zero-order valence-corrected chi connectivity index (χ0v) is 14.2. The van der Waals surface area contributed by atoms with Gasteiger partial charge in [-0.1, -0.05) is 20.8 Å². The van der Waals surface area contributed by atoms with Gasteiger partial charge in [0.2, 0.25) is 6.41 Å². The van der Waals surface area contributed by atoms with Crippen molar-refractivity contribution >= 4 is 20.9 Å². The van der Waals surface area contributed by atoms with Crippen molar-refractivity contribution in [1.82, 2.24) is 10.2 Å². The molecule has 1 saturated heterocycles. The molecule has 0 radical (unpaired) electrons. The highest BCUT2D eigenvalue weighted by Gasteiger charge is 2.34. The number of nitrogens with one attached hydrogen (secondary N) is 1. The molecule has 0 aliphatic carbocycles. The van der Waals surface area contributed by atoms with Gasteiger partial charge in [0.1, 0.15) is 6.23 Å². The van der Waals surface area contributed by atoms with Gasteiger partial charge in [-0.25, -0.2) is 0 Å². The van der Waals surface area contributed by atoms with Gasteiger partial charge in [-0.15, -0.1) is 0 Å². The standard InChI is InChI=1S/C11H19N2O6P.C2H6/c1-8-5-9(6-18-20(16)17)19-11(8)13(2)4-3-10(15)12-7-14;1-2/h3-4,7-9,11,16-17H,5-6H2,1-2H3,(H,12,14,15);1-2H3/b4-3-;. The molecule has 8 nitrogen and oxygen atoms in total. The van der Waals surface area contributed by atoms with Crippen LogP contribution in [0.4, 0.5) is 0 Å². The van der Waals surface area contributed by atoms with Gasteiger partial charge in [0.25, 0.3) is 5.91 Å². The lowest BCUT2D eigenvalue weighted by atomic mass is 10.1. The molecule has 9 heteroatoms. The Bertz CT molecular complexity index is 366. The van der Waals surface area contributed by atoms with Crippen molar-refractivity contribution in [2.75, 3.05) is 13.7 Å². The number of hydrogen-bond donors (Lipinski definition) is 3. The number of hydrogen-bond acceptors (Lipinski definition) is 7. The summed E-state index contributed by atoms with van der Waals surface area (Å²) in [5.74, 6) is -0.320. The van der Waals surface area contributed by atoms with E-state index in [1.165, 1.54) is 12.3 Å². The van der Waals surface area contributed by atoms with Crippen LogP contribution in [0.2, 0.25) is 0 Å². The van der Waals surface area contributed by atoms with Crippen LogP contribution in [0.5, 0.6) is 0 Å². The molecule has 0 aromatic rings. The third-order valence-electron chi connectivity index (χ3n) is 2.89. The predicted molar refractivity (Wildman–Crippen MR) is 82.2 cm³/mol. The molecule has 0 saturated carbocycles. The van der Waals surface area contributed by atoms with Crippen molar-refractivity contribution in [1.29, 1.82) is 0 Å². The van der Waals surface area contributed by atoms with Crippen LogP contribution in [0.15, 0.2) is 12.3 Å². The first-order valence-corrected chi connectivity index (χ1v) is 8.21. The van der Waals surface area contributed by atoms with Gasteiger partial charge in [0.05, 0.1) is 12.7 Å². The van der Waals surface area contributed by atoms with E-state index in [2.05, 4.69) is 0 Å². The second-order valence-electron chi connectivity index (χ2n) is 4.52. The number of carbonyl (C=O) groups excluding carboxylic acids is 2. The number of carbonyl (C=O) groups is 2. The molecule has 2 amide bonds. The lowest BCUT2D eigenvalue weighted by Gasteiger charge is -2.25. The highest BCUT2D eigenvalue weighted by atomic mass is 31.2. The molecule has 22 heavy (non-hydrogen) atoms. The number of amides is 2. The van der Waals surface area contributed by atoms with Gasteiger partial charge < -0.3 is 23.9 Å². The Labute approximate surface area is 132 Å². The Morgan fingerprint density at radius 3 is 2.68 bits per heavy atom. The smallest absolute Gasteiger partial charge is 0.327 e. The van der Waals surface area contributed by atoms with E-state index in [0.29, 0.717) is 12.8 Å². The Morgan fingerprint density at radius 1 is 1.50 bits per heavy atom. The first-order valence-electron chi connectivity index (χ1n) is 7.04. The van der Waals surface area contributed by atoms with Crippen molar-refractivity contribution in [2.24, 2.45) is 5.92 Å². The van der Waals surface area contributed by atoms with E-state index in [0.717, 1.165) is 0 Å². The summed E-state index contributed by atoms with van der Waals surface area (Å²) in [4.78, 5) is 40.3. The Balaban J connectivity index is 0.00000211. The predicted octanol–water partition coefficient (Wildman–Crippen LogP) is 0.710. The van der Waals surface area contributed by atoms with E-state index in [4.69, 9.17) is 19.0 Å². The molecule has 128 valence electrons. The summed E-state index contributed by atoms with van der Waals surface area (Å²) < 4.78 is 10.5. The highest BCUT2D eigenvalue weighted by molar-refractivity contribution is 7.39. The first kappa shape index (κ1) is 20.9. The molecular formula is C13H25N2O6P. The van der Waals surface area contributed by atoms with E-state index in [1.807, 2.05) is 26.1 Å². The monoisotopic (exact) mass is 336 g/mol. The lowest BCUT2D eigenvalue weighted by molar-refractivity contribution is -0.121. The lowest BCUT2D eigenvalue weighted by Crippen LogP contribution is -2.32. The zero-order chi connectivity index (χ0) is 17.1. The summed E-state index contributed by atoms with van der Waals surface area (Å²) in [6, 6.07) is 0. The molecule has 1 fully saturated rings. The average Bonchev–Trinajstić information content (AvgIpc) is 2.86. The Kier molecular flexibility index (Phi) is 11.0. The van der Waals surface area contributed by atoms with Gasteiger partial charge in [0.15, 0.2) is 0 Å². The normalized spacial score (nSPS) is 24.0. The third kappa shape index (κ3) is 7.82. The quantitative estimate of drug-likeness (QED) is 0.357. The summed E-state index contributed by atoms with van der Waals surface area (Å²) in [7, 11) is -0.624. The summed E-state index contributed by atoms with van der Waals surface area (Å²) >= 11 is 0. The third-order valence-corrected chi connectivity index (χ3v) is 3.27. The highest BCUT2D eigenvalue weighted by Crippen LogP contribution is 2.31. The van der Waals surface area contributed by atoms with Crippen LogP contribution in [-0.2, 0) is 18.8 Å². The molecular weight excluding hydrogens is 311 g/mol. The average molecular weight is 336 g/mol. The maximum Gasteiger partial charge on any atom is 0.327 e. The molecule has 1 heterocycles. The fraction of sp³-hybridized carbons (Fsp3) is 0.692. The minimum atomic E-state index is -2.37. The van der Waals surface area contributed by atoms with E-state index in [-0.39, 0.29) is 24.9 Å². The van der Waals surface area contributed by atoms with Crippen LogP contribution in [-0.4, -0.2) is 53.0 Å². The Hall–Kier alpha value is -1.05. The first-order chi connectivity index (χ1) is 10.4. The minimum absolute atomic E-state index is 0.114. The van der Waals surface area contributed by atoms with Gasteiger partial charge >= 0.3 is 8.60 Å². The maximum atomic E-state index is 11.1. The largest absolute Gasteiger partial charge is 0.355 e. The second-order valence-corrected chi connectivity index (χ2v) is 5.28. The molecule has 0 spiro atoms. The molecule has 0 aromatic heterocycles. The number of nitrogens with zero attached hydrogens (tertiary/aromatic N) is 1. The summed E-state index contributed by atoms with van der Waals surface area (Å²) in [6.07, 6.45) is 3.32. The van der Waals surface area contributed by atoms with Crippen LogP contribution in [0.25, 0.3) is 0 Å². The van der Waals surface area contributed by atoms with E-state index in [1.54, 1.807) is 11.9 Å². The Morgan fingerprint density at radius 2 is 2.14 bits per heavy atom. The van der Waals surface area contributed by atoms with Crippen LogP contribution < -0.4 is 5.32 Å². The second kappa shape index (κ2) is 11.5. The van der Waals surface area contributed by atoms with Crippen LogP contribution in [0.3, 0.4) is 0 Å². The molecule has 1 aliphatic heterocycles. The molecule has 0 bridgehead atoms. The van der Waals surface area contributed by atoms with Gasteiger partial charge in [-0.2, -0.15) is 0 Å². The zero-order valence-electron chi connectivity index (χ0n) is 13.3. The van der Waals surface area contributed by atoms with Gasteiger partial charge in [-0.3, -0.25) is 14.9 Å². The van der Waals surface area contributed by atoms with Crippen molar-refractivity contribution < 1.29 is 28.6 Å². The fourth-order valence-corrected chi connectivity index (χ4v) is 2.35. The summed E-state index contributed by atoms with van der Waals surface area (Å²) in [5.41, 5.74) is 0. The maximum absolute atomic E-state index is 11.1. The van der Waals surface area contributed by atoms with Crippen molar-refractivity contribution in [3.63, 3.8) is 0 Å². The van der Waals surface area contributed by atoms with E-state index >= 15 is 0 Å². The van der Waals surface area contributed by atoms with Crippen molar-refractivity contribution in [2.45, 2.75) is 39.5 Å². The van der Waals surface area contributed by atoms with Crippen LogP contribution in [0.1, 0.15) is 27.2 Å².